The van der Waals surface area contributed by atoms with E-state index in [1.54, 1.807) is 0 Å². The number of likely N-dealkylation sites (N-methyl/N-ethyl adjacent to an activating group) is 1. The third kappa shape index (κ3) is 6.67. The van der Waals surface area contributed by atoms with E-state index in [-0.39, 0.29) is 6.54 Å². The number of carbonyl (C=O) groups is 3. The van der Waals surface area contributed by atoms with Gasteiger partial charge in [0, 0.05) is 7.05 Å². The summed E-state index contributed by atoms with van der Waals surface area (Å²) in [6, 6.07) is -1.58. The van der Waals surface area contributed by atoms with Gasteiger partial charge in [0.05, 0.1) is 0 Å². The van der Waals surface area contributed by atoms with Crippen LogP contribution in [0.1, 0.15) is 6.42 Å². The molecule has 0 heterocycles. The summed E-state index contributed by atoms with van der Waals surface area (Å²) in [4.78, 5) is 34.0. The molecule has 0 saturated carbocycles. The van der Waals surface area contributed by atoms with Crippen LogP contribution in [0.3, 0.4) is 0 Å². The van der Waals surface area contributed by atoms with Gasteiger partial charge in [0.25, 0.3) is 0 Å². The average molecular weight is 263 g/mol. The Morgan fingerprint density at radius 2 is 2.06 bits per heavy atom. The summed E-state index contributed by atoms with van der Waals surface area (Å²) >= 11 is 1.49. The van der Waals surface area contributed by atoms with E-state index >= 15 is 0 Å². The van der Waals surface area contributed by atoms with Crippen LogP contribution in [0.15, 0.2) is 0 Å². The highest BCUT2D eigenvalue weighted by atomic mass is 32.2. The van der Waals surface area contributed by atoms with Gasteiger partial charge in [-0.15, -0.1) is 0 Å². The minimum atomic E-state index is -1.10. The maximum atomic E-state index is 11.5. The predicted octanol–water partition coefficient (Wildman–Crippen LogP) is -0.681. The molecule has 98 valence electrons. The fourth-order valence-corrected chi connectivity index (χ4v) is 1.53. The van der Waals surface area contributed by atoms with Crippen molar-refractivity contribution in [1.29, 1.82) is 0 Å². The lowest BCUT2D eigenvalue weighted by Crippen LogP contribution is -2.48. The van der Waals surface area contributed by atoms with E-state index in [0.29, 0.717) is 12.2 Å². The van der Waals surface area contributed by atoms with Crippen molar-refractivity contribution in [1.82, 2.24) is 10.2 Å². The van der Waals surface area contributed by atoms with Crippen molar-refractivity contribution < 1.29 is 19.5 Å². The maximum Gasteiger partial charge on any atom is 0.326 e. The zero-order chi connectivity index (χ0) is 13.4. The van der Waals surface area contributed by atoms with Crippen LogP contribution < -0.4 is 11.1 Å². The lowest BCUT2D eigenvalue weighted by Gasteiger charge is -2.20. The standard InChI is InChI=1S/C9H17N3O4S/c1-12(5-7(10)13)9(16)11-6(8(14)15)3-4-17-2/h6H,3-5H2,1-2H3,(H2,10,13)(H,11,16)(H,14,15). The Bertz CT molecular complexity index is 298. The molecular formula is C9H17N3O4S. The first-order valence-corrected chi connectivity index (χ1v) is 6.29. The molecule has 3 amide bonds. The highest BCUT2D eigenvalue weighted by Crippen LogP contribution is 2.01. The first-order chi connectivity index (χ1) is 7.88. The number of hydrogen-bond acceptors (Lipinski definition) is 4. The van der Waals surface area contributed by atoms with Crippen molar-refractivity contribution in [3.05, 3.63) is 0 Å². The van der Waals surface area contributed by atoms with Crippen molar-refractivity contribution in [2.24, 2.45) is 5.73 Å². The molecule has 1 atom stereocenters. The Morgan fingerprint density at radius 1 is 1.47 bits per heavy atom. The Labute approximate surface area is 104 Å². The van der Waals surface area contributed by atoms with E-state index < -0.39 is 23.9 Å². The van der Waals surface area contributed by atoms with Gasteiger partial charge in [0.1, 0.15) is 12.6 Å². The molecule has 0 radical (unpaired) electrons. The molecule has 0 aromatic heterocycles. The number of thioether (sulfide) groups is 1. The van der Waals surface area contributed by atoms with Crippen molar-refractivity contribution in [3.63, 3.8) is 0 Å². The van der Waals surface area contributed by atoms with E-state index in [4.69, 9.17) is 10.8 Å². The fourth-order valence-electron chi connectivity index (χ4n) is 1.06. The van der Waals surface area contributed by atoms with Crippen LogP contribution in [0.4, 0.5) is 4.79 Å². The number of nitrogens with zero attached hydrogens (tertiary/aromatic N) is 1. The molecule has 0 rings (SSSR count). The highest BCUT2D eigenvalue weighted by Gasteiger charge is 2.21. The number of hydrogen-bond donors (Lipinski definition) is 3. The van der Waals surface area contributed by atoms with E-state index in [1.165, 1.54) is 18.8 Å². The highest BCUT2D eigenvalue weighted by molar-refractivity contribution is 7.98. The second-order valence-electron chi connectivity index (χ2n) is 3.44. The topological polar surface area (TPSA) is 113 Å². The van der Waals surface area contributed by atoms with E-state index in [2.05, 4.69) is 5.32 Å². The van der Waals surface area contributed by atoms with E-state index in [9.17, 15) is 14.4 Å². The molecule has 0 aromatic carbocycles. The second kappa shape index (κ2) is 7.77. The van der Waals surface area contributed by atoms with Gasteiger partial charge in [-0.25, -0.2) is 9.59 Å². The van der Waals surface area contributed by atoms with Crippen LogP contribution in [-0.4, -0.2) is 59.6 Å². The van der Waals surface area contributed by atoms with Crippen LogP contribution in [0.5, 0.6) is 0 Å². The van der Waals surface area contributed by atoms with Gasteiger partial charge in [0.15, 0.2) is 0 Å². The van der Waals surface area contributed by atoms with Gasteiger partial charge < -0.3 is 21.1 Å². The van der Waals surface area contributed by atoms with Crippen molar-refractivity contribution in [2.75, 3.05) is 25.6 Å². The summed E-state index contributed by atoms with van der Waals surface area (Å²) in [5.74, 6) is -1.13. The molecule has 0 bridgehead atoms. The third-order valence-electron chi connectivity index (χ3n) is 1.95. The number of primary amides is 1. The lowest BCUT2D eigenvalue weighted by molar-refractivity contribution is -0.139. The minimum Gasteiger partial charge on any atom is -0.480 e. The minimum absolute atomic E-state index is 0.249. The molecule has 0 spiro atoms. The average Bonchev–Trinajstić information content (AvgIpc) is 2.22. The van der Waals surface area contributed by atoms with Gasteiger partial charge in [-0.1, -0.05) is 0 Å². The summed E-state index contributed by atoms with van der Waals surface area (Å²) in [6.07, 6.45) is 2.17. The summed E-state index contributed by atoms with van der Waals surface area (Å²) in [5.41, 5.74) is 4.92. The van der Waals surface area contributed by atoms with Crippen molar-refractivity contribution in [3.8, 4) is 0 Å². The summed E-state index contributed by atoms with van der Waals surface area (Å²) < 4.78 is 0. The number of carboxylic acid groups (broad SMARTS) is 1. The largest absolute Gasteiger partial charge is 0.480 e. The quantitative estimate of drug-likeness (QED) is 0.563. The summed E-state index contributed by atoms with van der Waals surface area (Å²) in [5, 5.41) is 11.2. The molecule has 0 aliphatic carbocycles. The molecule has 0 aliphatic rings. The molecule has 0 aromatic rings. The molecule has 8 heteroatoms. The fraction of sp³-hybridized carbons (Fsp3) is 0.667. The Balaban J connectivity index is 4.29. The second-order valence-corrected chi connectivity index (χ2v) is 4.43. The molecule has 17 heavy (non-hydrogen) atoms. The first-order valence-electron chi connectivity index (χ1n) is 4.90. The van der Waals surface area contributed by atoms with E-state index in [1.807, 2.05) is 6.26 Å². The van der Waals surface area contributed by atoms with E-state index in [0.717, 1.165) is 4.90 Å². The molecule has 0 saturated heterocycles. The maximum absolute atomic E-state index is 11.5. The van der Waals surface area contributed by atoms with Crippen molar-refractivity contribution in [2.45, 2.75) is 12.5 Å². The summed E-state index contributed by atoms with van der Waals surface area (Å²) in [7, 11) is 1.37. The van der Waals surface area contributed by atoms with Crippen LogP contribution in [0.25, 0.3) is 0 Å². The summed E-state index contributed by atoms with van der Waals surface area (Å²) in [6.45, 7) is -0.249. The number of aliphatic carboxylic acids is 1. The monoisotopic (exact) mass is 263 g/mol. The number of carboxylic acids is 1. The first kappa shape index (κ1) is 15.6. The molecule has 1 unspecified atom stereocenters. The molecule has 4 N–H and O–H groups in total. The number of rotatable bonds is 7. The predicted molar refractivity (Wildman–Crippen MR) is 64.8 cm³/mol. The van der Waals surface area contributed by atoms with Gasteiger partial charge in [-0.05, 0) is 18.4 Å². The van der Waals surface area contributed by atoms with Gasteiger partial charge in [-0.3, -0.25) is 4.79 Å². The van der Waals surface area contributed by atoms with Gasteiger partial charge in [-0.2, -0.15) is 11.8 Å². The third-order valence-corrected chi connectivity index (χ3v) is 2.59. The SMILES string of the molecule is CSCCC(NC(=O)N(C)CC(N)=O)C(=O)O. The number of nitrogens with one attached hydrogen (secondary N) is 1. The Hall–Kier alpha value is -1.44. The number of carbonyl (C=O) groups excluding carboxylic acids is 2. The molecule has 0 fully saturated rings. The normalized spacial score (nSPS) is 11.6. The van der Waals surface area contributed by atoms with Crippen molar-refractivity contribution >= 4 is 29.7 Å². The van der Waals surface area contributed by atoms with Crippen LogP contribution in [0.2, 0.25) is 0 Å². The smallest absolute Gasteiger partial charge is 0.326 e. The van der Waals surface area contributed by atoms with Gasteiger partial charge in [0.2, 0.25) is 5.91 Å². The molecular weight excluding hydrogens is 246 g/mol. The Morgan fingerprint density at radius 3 is 2.47 bits per heavy atom. The molecule has 7 nitrogen and oxygen atoms in total. The Kier molecular flexibility index (Phi) is 7.11. The molecule has 0 aliphatic heterocycles. The van der Waals surface area contributed by atoms with Gasteiger partial charge >= 0.3 is 12.0 Å². The number of urea groups is 1. The van der Waals surface area contributed by atoms with Crippen LogP contribution >= 0.6 is 11.8 Å². The number of nitrogens with two attached hydrogens (primary N) is 1. The van der Waals surface area contributed by atoms with Crippen LogP contribution in [0, 0.1) is 0 Å². The van der Waals surface area contributed by atoms with Crippen LogP contribution in [-0.2, 0) is 9.59 Å². The lowest BCUT2D eigenvalue weighted by atomic mass is 10.2. The number of amides is 3. The zero-order valence-electron chi connectivity index (χ0n) is 9.80. The zero-order valence-corrected chi connectivity index (χ0v) is 10.6.